The van der Waals surface area contributed by atoms with Crippen molar-refractivity contribution >= 4 is 11.4 Å². The molecule has 1 fully saturated rings. The van der Waals surface area contributed by atoms with E-state index in [2.05, 4.69) is 11.0 Å². The van der Waals surface area contributed by atoms with Gasteiger partial charge in [-0.1, -0.05) is 0 Å². The van der Waals surface area contributed by atoms with Crippen molar-refractivity contribution in [1.29, 1.82) is 5.26 Å². The van der Waals surface area contributed by atoms with Gasteiger partial charge in [-0.05, 0) is 31.0 Å². The van der Waals surface area contributed by atoms with E-state index in [1.54, 1.807) is 12.1 Å². The Labute approximate surface area is 94.9 Å². The number of nitrogens with zero attached hydrogens (tertiary/aromatic N) is 2. The highest BCUT2D eigenvalue weighted by Gasteiger charge is 2.29. The van der Waals surface area contributed by atoms with Crippen molar-refractivity contribution in [2.75, 3.05) is 23.8 Å². The topological polar surface area (TPSA) is 73.3 Å². The van der Waals surface area contributed by atoms with E-state index in [4.69, 9.17) is 16.1 Å². The average Bonchev–Trinajstić information content (AvgIpc) is 3.10. The summed E-state index contributed by atoms with van der Waals surface area (Å²) < 4.78 is 0. The molecular weight excluding hydrogens is 202 g/mol. The molecule has 2 rings (SSSR count). The molecule has 0 aliphatic heterocycles. The maximum Gasteiger partial charge on any atom is 0.0992 e. The summed E-state index contributed by atoms with van der Waals surface area (Å²) >= 11 is 0. The maximum absolute atomic E-state index is 9.03. The van der Waals surface area contributed by atoms with Crippen LogP contribution in [0.3, 0.4) is 0 Å². The van der Waals surface area contributed by atoms with E-state index in [0.29, 0.717) is 23.8 Å². The molecule has 1 aromatic carbocycles. The number of hydrogen-bond donors (Lipinski definition) is 2. The SMILES string of the molecule is N#Cc1ccc(N(CCO)C2CC2)c(N)c1. The minimum atomic E-state index is 0.121. The van der Waals surface area contributed by atoms with Crippen molar-refractivity contribution in [3.05, 3.63) is 23.8 Å². The van der Waals surface area contributed by atoms with E-state index < -0.39 is 0 Å². The molecule has 4 nitrogen and oxygen atoms in total. The molecule has 0 spiro atoms. The summed E-state index contributed by atoms with van der Waals surface area (Å²) in [7, 11) is 0. The van der Waals surface area contributed by atoms with Gasteiger partial charge in [-0.2, -0.15) is 5.26 Å². The third-order valence-electron chi connectivity index (χ3n) is 2.79. The monoisotopic (exact) mass is 217 g/mol. The summed E-state index contributed by atoms with van der Waals surface area (Å²) in [5.41, 5.74) is 8.03. The maximum atomic E-state index is 9.03. The highest BCUT2D eigenvalue weighted by molar-refractivity contribution is 5.70. The van der Waals surface area contributed by atoms with Gasteiger partial charge >= 0.3 is 0 Å². The second kappa shape index (κ2) is 4.42. The number of anilines is 2. The number of benzene rings is 1. The predicted octanol–water partition coefficient (Wildman–Crippen LogP) is 1.10. The fourth-order valence-corrected chi connectivity index (χ4v) is 1.88. The first-order valence-corrected chi connectivity index (χ1v) is 5.43. The fraction of sp³-hybridized carbons (Fsp3) is 0.417. The number of nitrogen functional groups attached to an aromatic ring is 1. The Kier molecular flexibility index (Phi) is 2.97. The van der Waals surface area contributed by atoms with E-state index >= 15 is 0 Å². The van der Waals surface area contributed by atoms with Crippen LogP contribution in [0, 0.1) is 11.3 Å². The van der Waals surface area contributed by atoms with Gasteiger partial charge in [-0.15, -0.1) is 0 Å². The first-order valence-electron chi connectivity index (χ1n) is 5.43. The van der Waals surface area contributed by atoms with Gasteiger partial charge in [0.1, 0.15) is 0 Å². The average molecular weight is 217 g/mol. The zero-order chi connectivity index (χ0) is 11.5. The van der Waals surface area contributed by atoms with E-state index in [9.17, 15) is 0 Å². The summed E-state index contributed by atoms with van der Waals surface area (Å²) in [6.45, 7) is 0.719. The van der Waals surface area contributed by atoms with Crippen LogP contribution in [0.2, 0.25) is 0 Å². The second-order valence-corrected chi connectivity index (χ2v) is 4.03. The molecule has 0 unspecified atom stereocenters. The third-order valence-corrected chi connectivity index (χ3v) is 2.79. The lowest BCUT2D eigenvalue weighted by molar-refractivity contribution is 0.301. The molecule has 0 amide bonds. The molecule has 1 aliphatic rings. The van der Waals surface area contributed by atoms with Crippen LogP contribution in [0.5, 0.6) is 0 Å². The summed E-state index contributed by atoms with van der Waals surface area (Å²) in [6, 6.07) is 7.87. The lowest BCUT2D eigenvalue weighted by atomic mass is 10.1. The van der Waals surface area contributed by atoms with Gasteiger partial charge in [0, 0.05) is 12.6 Å². The van der Waals surface area contributed by atoms with Gasteiger partial charge in [0.2, 0.25) is 0 Å². The van der Waals surface area contributed by atoms with Crippen LogP contribution in [0.1, 0.15) is 18.4 Å². The molecule has 4 heteroatoms. The molecule has 3 N–H and O–H groups in total. The van der Waals surface area contributed by atoms with Gasteiger partial charge in [-0.25, -0.2) is 0 Å². The molecular formula is C12H15N3O. The lowest BCUT2D eigenvalue weighted by Crippen LogP contribution is -2.29. The highest BCUT2D eigenvalue weighted by atomic mass is 16.3. The summed E-state index contributed by atoms with van der Waals surface area (Å²) in [5.74, 6) is 0. The molecule has 0 aromatic heterocycles. The summed E-state index contributed by atoms with van der Waals surface area (Å²) in [4.78, 5) is 2.12. The smallest absolute Gasteiger partial charge is 0.0992 e. The van der Waals surface area contributed by atoms with Gasteiger partial charge in [0.25, 0.3) is 0 Å². The Morgan fingerprint density at radius 1 is 1.50 bits per heavy atom. The number of rotatable bonds is 4. The first-order chi connectivity index (χ1) is 7.76. The number of nitrogens with two attached hydrogens (primary N) is 1. The minimum absolute atomic E-state index is 0.121. The molecule has 0 saturated heterocycles. The van der Waals surface area contributed by atoms with Crippen molar-refractivity contribution in [3.63, 3.8) is 0 Å². The van der Waals surface area contributed by atoms with Crippen LogP contribution < -0.4 is 10.6 Å². The largest absolute Gasteiger partial charge is 0.397 e. The van der Waals surface area contributed by atoms with E-state index in [1.165, 1.54) is 0 Å². The molecule has 0 bridgehead atoms. The zero-order valence-electron chi connectivity index (χ0n) is 9.06. The Hall–Kier alpha value is -1.73. The molecule has 0 atom stereocenters. The van der Waals surface area contributed by atoms with E-state index in [1.807, 2.05) is 6.07 Å². The molecule has 1 aromatic rings. The van der Waals surface area contributed by atoms with Gasteiger partial charge in [0.05, 0.1) is 29.6 Å². The van der Waals surface area contributed by atoms with Crippen molar-refractivity contribution in [2.45, 2.75) is 18.9 Å². The third kappa shape index (κ3) is 2.10. The van der Waals surface area contributed by atoms with Gasteiger partial charge < -0.3 is 15.7 Å². The summed E-state index contributed by atoms with van der Waals surface area (Å²) in [6.07, 6.45) is 2.30. The Balaban J connectivity index is 2.27. The van der Waals surface area contributed by atoms with Gasteiger partial charge in [-0.3, -0.25) is 0 Å². The van der Waals surface area contributed by atoms with Crippen molar-refractivity contribution in [1.82, 2.24) is 0 Å². The number of aliphatic hydroxyl groups excluding tert-OH is 1. The number of hydrogen-bond acceptors (Lipinski definition) is 4. The van der Waals surface area contributed by atoms with Gasteiger partial charge in [0.15, 0.2) is 0 Å². The highest BCUT2D eigenvalue weighted by Crippen LogP contribution is 2.34. The predicted molar refractivity (Wildman–Crippen MR) is 63.0 cm³/mol. The van der Waals surface area contributed by atoms with Crippen LogP contribution in [-0.4, -0.2) is 24.3 Å². The number of nitriles is 1. The Bertz CT molecular complexity index is 421. The van der Waals surface area contributed by atoms with Crippen LogP contribution in [0.25, 0.3) is 0 Å². The molecule has 84 valence electrons. The van der Waals surface area contributed by atoms with Crippen LogP contribution >= 0.6 is 0 Å². The first kappa shape index (κ1) is 10.8. The number of aliphatic hydroxyl groups is 1. The molecule has 0 radical (unpaired) electrons. The fourth-order valence-electron chi connectivity index (χ4n) is 1.88. The van der Waals surface area contributed by atoms with Crippen LogP contribution in [0.4, 0.5) is 11.4 Å². The van der Waals surface area contributed by atoms with Crippen molar-refractivity contribution < 1.29 is 5.11 Å². The Morgan fingerprint density at radius 3 is 2.75 bits per heavy atom. The van der Waals surface area contributed by atoms with Crippen LogP contribution in [0.15, 0.2) is 18.2 Å². The Morgan fingerprint density at radius 2 is 2.25 bits per heavy atom. The molecule has 16 heavy (non-hydrogen) atoms. The van der Waals surface area contributed by atoms with Crippen molar-refractivity contribution in [3.8, 4) is 6.07 Å². The summed E-state index contributed by atoms with van der Waals surface area (Å²) in [5, 5.41) is 17.8. The standard InChI is InChI=1S/C12H15N3O/c13-8-9-1-4-12(11(14)7-9)15(5-6-16)10-2-3-10/h1,4,7,10,16H,2-3,5-6,14H2. The second-order valence-electron chi connectivity index (χ2n) is 4.03. The van der Waals surface area contributed by atoms with Crippen molar-refractivity contribution in [2.24, 2.45) is 0 Å². The zero-order valence-corrected chi connectivity index (χ0v) is 9.06. The quantitative estimate of drug-likeness (QED) is 0.741. The minimum Gasteiger partial charge on any atom is -0.397 e. The lowest BCUT2D eigenvalue weighted by Gasteiger charge is -2.25. The molecule has 1 saturated carbocycles. The normalized spacial score (nSPS) is 14.5. The molecule has 1 aliphatic carbocycles. The molecule has 0 heterocycles. The van der Waals surface area contributed by atoms with E-state index in [0.717, 1.165) is 18.5 Å². The van der Waals surface area contributed by atoms with Crippen LogP contribution in [-0.2, 0) is 0 Å². The van der Waals surface area contributed by atoms with E-state index in [-0.39, 0.29) is 6.61 Å².